The lowest BCUT2D eigenvalue weighted by molar-refractivity contribution is -0.0723. The minimum atomic E-state index is -1.47. The molecule has 0 aliphatic carbocycles. The van der Waals surface area contributed by atoms with E-state index in [4.69, 9.17) is 30.8 Å². The largest absolute Gasteiger partial charge is 0.484 e. The van der Waals surface area contributed by atoms with Gasteiger partial charge in [-0.05, 0) is 31.5 Å². The molecule has 4 aromatic rings. The number of rotatable bonds is 5. The van der Waals surface area contributed by atoms with Crippen molar-refractivity contribution in [3.63, 3.8) is 0 Å². The number of hydrogen-bond acceptors (Lipinski definition) is 7. The molecular formula is C24H24ClN5O4. The van der Waals surface area contributed by atoms with Crippen molar-refractivity contribution in [2.45, 2.75) is 32.0 Å². The van der Waals surface area contributed by atoms with Crippen LogP contribution in [-0.2, 0) is 17.4 Å². The quantitative estimate of drug-likeness (QED) is 0.467. The van der Waals surface area contributed by atoms with Crippen molar-refractivity contribution in [1.29, 1.82) is 0 Å². The smallest absolute Gasteiger partial charge is 0.258 e. The highest BCUT2D eigenvalue weighted by Gasteiger charge is 2.49. The van der Waals surface area contributed by atoms with Crippen LogP contribution in [0.1, 0.15) is 35.0 Å². The number of nitrogens with zero attached hydrogens (tertiary/aromatic N) is 5. The standard InChI is InChI=1S/C24H24ClN5O4/c1-12-26-10-18-24(31,21-22(30(12)18)27-13(2)29(21)3)14-5-6-17-16(9-14)19(25)20(23(28-17)32-4)34-11-15-7-8-33-15/h5-6,9-10,15,31H,7-8,11H2,1-4H3. The van der Waals surface area contributed by atoms with Crippen LogP contribution in [0, 0.1) is 13.8 Å². The number of ether oxygens (including phenoxy) is 3. The van der Waals surface area contributed by atoms with Crippen molar-refractivity contribution in [2.24, 2.45) is 7.05 Å². The Morgan fingerprint density at radius 1 is 1.26 bits per heavy atom. The van der Waals surface area contributed by atoms with Gasteiger partial charge in [0, 0.05) is 25.5 Å². The van der Waals surface area contributed by atoms with E-state index in [1.807, 2.05) is 48.2 Å². The fraction of sp³-hybridized carbons (Fsp3) is 0.375. The van der Waals surface area contributed by atoms with Crippen molar-refractivity contribution in [3.05, 3.63) is 58.0 Å². The number of methoxy groups -OCH3 is 1. The van der Waals surface area contributed by atoms with Gasteiger partial charge in [-0.1, -0.05) is 17.7 Å². The minimum Gasteiger partial charge on any atom is -0.484 e. The van der Waals surface area contributed by atoms with Crippen molar-refractivity contribution < 1.29 is 19.3 Å². The molecular weight excluding hydrogens is 458 g/mol. The summed E-state index contributed by atoms with van der Waals surface area (Å²) in [5.41, 5.74) is 1.11. The summed E-state index contributed by atoms with van der Waals surface area (Å²) in [4.78, 5) is 13.7. The van der Waals surface area contributed by atoms with E-state index < -0.39 is 5.60 Å². The Labute approximate surface area is 200 Å². The van der Waals surface area contributed by atoms with E-state index >= 15 is 0 Å². The van der Waals surface area contributed by atoms with Crippen LogP contribution in [0.3, 0.4) is 0 Å². The van der Waals surface area contributed by atoms with Crippen molar-refractivity contribution in [3.8, 4) is 17.4 Å². The van der Waals surface area contributed by atoms with Crippen molar-refractivity contribution in [1.82, 2.24) is 24.1 Å². The van der Waals surface area contributed by atoms with Gasteiger partial charge in [0.2, 0.25) is 5.75 Å². The first kappa shape index (κ1) is 21.4. The molecule has 34 heavy (non-hydrogen) atoms. The fourth-order valence-corrected chi connectivity index (χ4v) is 5.08. The summed E-state index contributed by atoms with van der Waals surface area (Å²) in [6.07, 6.45) is 2.67. The van der Waals surface area contributed by atoms with Crippen LogP contribution in [0.25, 0.3) is 16.7 Å². The summed E-state index contributed by atoms with van der Waals surface area (Å²) in [6.45, 7) is 4.91. The van der Waals surface area contributed by atoms with Gasteiger partial charge < -0.3 is 23.9 Å². The van der Waals surface area contributed by atoms with E-state index in [0.717, 1.165) is 24.7 Å². The monoisotopic (exact) mass is 481 g/mol. The zero-order valence-electron chi connectivity index (χ0n) is 19.3. The Morgan fingerprint density at radius 2 is 2.06 bits per heavy atom. The molecule has 0 bridgehead atoms. The van der Waals surface area contributed by atoms with Gasteiger partial charge in [-0.15, -0.1) is 0 Å². The second kappa shape index (κ2) is 7.43. The molecule has 2 aliphatic heterocycles. The SMILES string of the molecule is COc1nc2ccc(C3(O)c4c(nc(C)n4C)-n4c3cnc4C)cc2c(Cl)c1OCC1CCO1. The van der Waals surface area contributed by atoms with Gasteiger partial charge in [0.25, 0.3) is 5.88 Å². The zero-order valence-corrected chi connectivity index (χ0v) is 20.0. The number of aryl methyl sites for hydroxylation is 2. The highest BCUT2D eigenvalue weighted by molar-refractivity contribution is 6.37. The second-order valence-corrected chi connectivity index (χ2v) is 9.09. The molecule has 1 N–H and O–H groups in total. The van der Waals surface area contributed by atoms with Crippen LogP contribution < -0.4 is 9.47 Å². The van der Waals surface area contributed by atoms with Crippen LogP contribution in [-0.4, -0.2) is 55.6 Å². The lowest BCUT2D eigenvalue weighted by atomic mass is 9.88. The van der Waals surface area contributed by atoms with E-state index in [-0.39, 0.29) is 6.10 Å². The molecule has 2 aliphatic rings. The van der Waals surface area contributed by atoms with E-state index in [2.05, 4.69) is 9.97 Å². The molecule has 0 spiro atoms. The Bertz CT molecular complexity index is 1460. The number of hydrogen-bond donors (Lipinski definition) is 1. The van der Waals surface area contributed by atoms with E-state index in [9.17, 15) is 5.11 Å². The Balaban J connectivity index is 1.53. The Morgan fingerprint density at radius 3 is 2.76 bits per heavy atom. The molecule has 1 fully saturated rings. The molecule has 0 amide bonds. The summed E-state index contributed by atoms with van der Waals surface area (Å²) >= 11 is 6.83. The zero-order chi connectivity index (χ0) is 23.8. The molecule has 2 unspecified atom stereocenters. The second-order valence-electron chi connectivity index (χ2n) is 8.72. The summed E-state index contributed by atoms with van der Waals surface area (Å²) in [5, 5.41) is 13.3. The summed E-state index contributed by atoms with van der Waals surface area (Å²) in [7, 11) is 3.43. The van der Waals surface area contributed by atoms with Crippen LogP contribution in [0.15, 0.2) is 24.4 Å². The number of fused-ring (bicyclic) bond motifs is 4. The van der Waals surface area contributed by atoms with Gasteiger partial charge in [-0.25, -0.2) is 15.0 Å². The first-order valence-electron chi connectivity index (χ1n) is 11.1. The number of aliphatic hydroxyl groups is 1. The first-order chi connectivity index (χ1) is 16.3. The lowest BCUT2D eigenvalue weighted by Gasteiger charge is -2.27. The van der Waals surface area contributed by atoms with E-state index in [1.165, 1.54) is 7.11 Å². The molecule has 0 saturated carbocycles. The summed E-state index contributed by atoms with van der Waals surface area (Å²) in [5.74, 6) is 2.89. The lowest BCUT2D eigenvalue weighted by Crippen LogP contribution is -2.32. The van der Waals surface area contributed by atoms with Crippen LogP contribution >= 0.6 is 11.6 Å². The Kier molecular flexibility index (Phi) is 4.68. The van der Waals surface area contributed by atoms with Gasteiger partial charge in [0.05, 0.1) is 35.6 Å². The maximum atomic E-state index is 12.3. The summed E-state index contributed by atoms with van der Waals surface area (Å²) < 4.78 is 20.7. The fourth-order valence-electron chi connectivity index (χ4n) is 4.79. The molecule has 1 saturated heterocycles. The predicted molar refractivity (Wildman–Crippen MR) is 125 cm³/mol. The number of halogens is 1. The van der Waals surface area contributed by atoms with Crippen LogP contribution in [0.2, 0.25) is 5.02 Å². The van der Waals surface area contributed by atoms with Crippen LogP contribution in [0.4, 0.5) is 0 Å². The van der Waals surface area contributed by atoms with Crippen molar-refractivity contribution in [2.75, 3.05) is 20.3 Å². The van der Waals surface area contributed by atoms with Gasteiger partial charge in [0.1, 0.15) is 23.9 Å². The molecule has 3 aromatic heterocycles. The van der Waals surface area contributed by atoms with E-state index in [1.54, 1.807) is 6.20 Å². The topological polar surface area (TPSA) is 96.5 Å². The number of pyridine rings is 1. The Hall–Kier alpha value is -3.14. The maximum absolute atomic E-state index is 12.3. The third-order valence-corrected chi connectivity index (χ3v) is 7.21. The van der Waals surface area contributed by atoms with Gasteiger partial charge in [0.15, 0.2) is 11.4 Å². The molecule has 10 heteroatoms. The van der Waals surface area contributed by atoms with Crippen LogP contribution in [0.5, 0.6) is 11.6 Å². The number of imidazole rings is 2. The number of benzene rings is 1. The molecule has 6 rings (SSSR count). The van der Waals surface area contributed by atoms with Gasteiger partial charge >= 0.3 is 0 Å². The summed E-state index contributed by atoms with van der Waals surface area (Å²) in [6, 6.07) is 5.52. The predicted octanol–water partition coefficient (Wildman–Crippen LogP) is 3.20. The average molecular weight is 482 g/mol. The molecule has 2 atom stereocenters. The van der Waals surface area contributed by atoms with Gasteiger partial charge in [-0.3, -0.25) is 4.57 Å². The normalized spacial score (nSPS) is 20.8. The number of aromatic nitrogens is 5. The minimum absolute atomic E-state index is 0.0389. The van der Waals surface area contributed by atoms with Crippen molar-refractivity contribution >= 4 is 22.5 Å². The molecule has 1 aromatic carbocycles. The molecule has 0 radical (unpaired) electrons. The average Bonchev–Trinajstić information content (AvgIpc) is 3.40. The molecule has 5 heterocycles. The van der Waals surface area contributed by atoms with Gasteiger partial charge in [-0.2, -0.15) is 0 Å². The third kappa shape index (κ3) is 2.77. The maximum Gasteiger partial charge on any atom is 0.258 e. The third-order valence-electron chi connectivity index (χ3n) is 6.83. The highest BCUT2D eigenvalue weighted by Crippen LogP contribution is 2.48. The highest BCUT2D eigenvalue weighted by atomic mass is 35.5. The van der Waals surface area contributed by atoms with E-state index in [0.29, 0.717) is 56.9 Å². The first-order valence-corrected chi connectivity index (χ1v) is 11.5. The molecule has 9 nitrogen and oxygen atoms in total. The molecule has 176 valence electrons.